The van der Waals surface area contributed by atoms with Gasteiger partial charge in [0.15, 0.2) is 17.3 Å². The average Bonchev–Trinajstić information content (AvgIpc) is 2.90. The van der Waals surface area contributed by atoms with Gasteiger partial charge in [0.2, 0.25) is 0 Å². The van der Waals surface area contributed by atoms with Gasteiger partial charge in [0.1, 0.15) is 11.5 Å². The van der Waals surface area contributed by atoms with Crippen molar-refractivity contribution < 1.29 is 33.3 Å². The molecule has 1 N–H and O–H groups in total. The number of carbonyl (C=O) groups excluding carboxylic acids is 2. The van der Waals surface area contributed by atoms with Gasteiger partial charge in [0, 0.05) is 29.0 Å². The summed E-state index contributed by atoms with van der Waals surface area (Å²) in [6.07, 6.45) is 0.551. The lowest BCUT2D eigenvalue weighted by Crippen LogP contribution is -2.36. The van der Waals surface area contributed by atoms with E-state index in [4.69, 9.17) is 23.7 Å². The zero-order valence-electron chi connectivity index (χ0n) is 23.0. The number of nitrogens with one attached hydrogen (secondary N) is 1. The number of esters is 1. The Labute approximate surface area is 223 Å². The van der Waals surface area contributed by atoms with Gasteiger partial charge in [-0.2, -0.15) is 0 Å². The Bertz CT molecular complexity index is 1310. The van der Waals surface area contributed by atoms with Crippen LogP contribution in [0, 0.1) is 0 Å². The molecule has 0 saturated heterocycles. The van der Waals surface area contributed by atoms with E-state index in [-0.39, 0.29) is 24.2 Å². The van der Waals surface area contributed by atoms with E-state index < -0.39 is 11.9 Å². The van der Waals surface area contributed by atoms with E-state index in [0.717, 1.165) is 11.3 Å². The van der Waals surface area contributed by atoms with Crippen molar-refractivity contribution in [1.82, 2.24) is 5.32 Å². The lowest BCUT2D eigenvalue weighted by Gasteiger charge is -2.37. The Hall–Kier alpha value is -3.94. The molecule has 38 heavy (non-hydrogen) atoms. The summed E-state index contributed by atoms with van der Waals surface area (Å²) in [4.78, 5) is 27.3. The quantitative estimate of drug-likeness (QED) is 0.484. The first-order valence-corrected chi connectivity index (χ1v) is 12.6. The second kappa shape index (κ2) is 11.2. The molecule has 202 valence electrons. The van der Waals surface area contributed by atoms with Crippen LogP contribution in [0.4, 0.5) is 0 Å². The highest BCUT2D eigenvalue weighted by Crippen LogP contribution is 2.49. The van der Waals surface area contributed by atoms with Crippen molar-refractivity contribution in [1.29, 1.82) is 0 Å². The molecule has 1 aliphatic heterocycles. The van der Waals surface area contributed by atoms with Gasteiger partial charge < -0.3 is 29.0 Å². The first-order valence-electron chi connectivity index (χ1n) is 12.6. The Kier molecular flexibility index (Phi) is 7.99. The van der Waals surface area contributed by atoms with Crippen LogP contribution in [0.5, 0.6) is 23.0 Å². The Balaban J connectivity index is 1.84. The first kappa shape index (κ1) is 27.1. The van der Waals surface area contributed by atoms with E-state index >= 15 is 0 Å². The summed E-state index contributed by atoms with van der Waals surface area (Å²) >= 11 is 0. The number of allylic oxidation sites excluding steroid dienone is 3. The summed E-state index contributed by atoms with van der Waals surface area (Å²) in [5.41, 5.74) is 4.02. The highest BCUT2D eigenvalue weighted by Gasteiger charge is 2.43. The van der Waals surface area contributed by atoms with Crippen molar-refractivity contribution in [3.8, 4) is 23.0 Å². The lowest BCUT2D eigenvalue weighted by atomic mass is 9.71. The van der Waals surface area contributed by atoms with E-state index in [9.17, 15) is 9.59 Å². The van der Waals surface area contributed by atoms with E-state index in [2.05, 4.69) is 5.32 Å². The Morgan fingerprint density at radius 2 is 1.58 bits per heavy atom. The van der Waals surface area contributed by atoms with Gasteiger partial charge in [-0.3, -0.25) is 4.79 Å². The van der Waals surface area contributed by atoms with Gasteiger partial charge in [0.25, 0.3) is 0 Å². The predicted molar refractivity (Wildman–Crippen MR) is 143 cm³/mol. The molecular formula is C30H35NO7. The number of hydrogen-bond acceptors (Lipinski definition) is 8. The molecule has 0 fully saturated rings. The van der Waals surface area contributed by atoms with E-state index in [0.29, 0.717) is 51.8 Å². The fourth-order valence-electron chi connectivity index (χ4n) is 5.31. The fraction of sp³-hybridized carbons (Fsp3) is 0.400. The average molecular weight is 522 g/mol. The van der Waals surface area contributed by atoms with Crippen molar-refractivity contribution >= 4 is 11.8 Å². The van der Waals surface area contributed by atoms with E-state index in [1.807, 2.05) is 31.2 Å². The molecule has 0 spiro atoms. The minimum Gasteiger partial charge on any atom is -0.497 e. The molecule has 0 unspecified atom stereocenters. The van der Waals surface area contributed by atoms with Gasteiger partial charge in [-0.1, -0.05) is 6.07 Å². The molecule has 8 nitrogen and oxygen atoms in total. The Morgan fingerprint density at radius 1 is 0.895 bits per heavy atom. The Morgan fingerprint density at radius 3 is 2.21 bits per heavy atom. The molecule has 0 saturated carbocycles. The van der Waals surface area contributed by atoms with Crippen LogP contribution in [-0.2, 0) is 14.3 Å². The lowest BCUT2D eigenvalue weighted by molar-refractivity contribution is -0.143. The van der Waals surface area contributed by atoms with Crippen LogP contribution in [0.2, 0.25) is 0 Å². The third-order valence-electron chi connectivity index (χ3n) is 7.02. The van der Waals surface area contributed by atoms with Crippen molar-refractivity contribution in [2.45, 2.75) is 51.6 Å². The van der Waals surface area contributed by atoms with Gasteiger partial charge in [-0.05, 0) is 69.0 Å². The molecule has 2 atom stereocenters. The molecule has 8 heteroatoms. The number of Topliss-reactive ketones (excluding diaryl/α,β-unsaturated/α-hetero) is 1. The SMILES string of the molecule is COc1ccc(OC)c([C@H]2C(C(=O)OC(C)C)=C(C)NC3=C2C(=O)C[C@@H](c2ccc(OC)c(OC)c2)C3)c1. The maximum atomic E-state index is 13.9. The smallest absolute Gasteiger partial charge is 0.337 e. The van der Waals surface area contributed by atoms with Crippen molar-refractivity contribution in [2.24, 2.45) is 0 Å². The van der Waals surface area contributed by atoms with Gasteiger partial charge in [-0.15, -0.1) is 0 Å². The van der Waals surface area contributed by atoms with Gasteiger partial charge in [-0.25, -0.2) is 4.79 Å². The highest BCUT2D eigenvalue weighted by atomic mass is 16.5. The molecule has 0 aromatic heterocycles. The summed E-state index contributed by atoms with van der Waals surface area (Å²) in [6.45, 7) is 5.44. The molecule has 1 aliphatic carbocycles. The highest BCUT2D eigenvalue weighted by molar-refractivity contribution is 6.04. The molecule has 2 aliphatic rings. The van der Waals surface area contributed by atoms with Crippen LogP contribution in [0.1, 0.15) is 56.6 Å². The normalized spacial score (nSPS) is 19.1. The first-order chi connectivity index (χ1) is 18.2. The zero-order chi connectivity index (χ0) is 27.6. The number of rotatable bonds is 8. The zero-order valence-corrected chi connectivity index (χ0v) is 23.0. The maximum absolute atomic E-state index is 13.9. The topological polar surface area (TPSA) is 92.3 Å². The van der Waals surface area contributed by atoms with Crippen molar-refractivity contribution in [3.63, 3.8) is 0 Å². The van der Waals surface area contributed by atoms with Gasteiger partial charge in [0.05, 0.1) is 46.0 Å². The van der Waals surface area contributed by atoms with Crippen molar-refractivity contribution in [2.75, 3.05) is 28.4 Å². The standard InChI is InChI=1S/C30H35NO7/c1-16(2)38-30(33)27-17(3)31-22-12-19(18-8-10-25(36-6)26(14-18)37-7)13-23(32)29(22)28(27)21-15-20(34-4)9-11-24(21)35-5/h8-11,14-16,19,28,31H,12-13H2,1-7H3/t19-,28-/m0/s1. The summed E-state index contributed by atoms with van der Waals surface area (Å²) < 4.78 is 27.7. The largest absolute Gasteiger partial charge is 0.497 e. The summed E-state index contributed by atoms with van der Waals surface area (Å²) in [5.74, 6) is 1.15. The minimum atomic E-state index is -0.665. The van der Waals surface area contributed by atoms with E-state index in [1.165, 1.54) is 0 Å². The number of hydrogen-bond donors (Lipinski definition) is 1. The van der Waals surface area contributed by atoms with E-state index in [1.54, 1.807) is 54.4 Å². The molecule has 2 aromatic carbocycles. The number of methoxy groups -OCH3 is 4. The monoisotopic (exact) mass is 521 g/mol. The number of carbonyl (C=O) groups is 2. The van der Waals surface area contributed by atoms with Crippen LogP contribution in [0.3, 0.4) is 0 Å². The van der Waals surface area contributed by atoms with Crippen molar-refractivity contribution in [3.05, 3.63) is 70.1 Å². The van der Waals surface area contributed by atoms with Crippen LogP contribution in [0.25, 0.3) is 0 Å². The van der Waals surface area contributed by atoms with Gasteiger partial charge >= 0.3 is 5.97 Å². The number of benzene rings is 2. The third kappa shape index (κ3) is 5.08. The second-order valence-electron chi connectivity index (χ2n) is 9.69. The van der Waals surface area contributed by atoms with Crippen LogP contribution in [0.15, 0.2) is 58.9 Å². The number of ether oxygens (including phenoxy) is 5. The summed E-state index contributed by atoms with van der Waals surface area (Å²) in [5, 5.41) is 3.38. The molecule has 2 aromatic rings. The minimum absolute atomic E-state index is 0.0456. The molecular weight excluding hydrogens is 486 g/mol. The second-order valence-corrected chi connectivity index (χ2v) is 9.69. The number of ketones is 1. The molecule has 0 bridgehead atoms. The third-order valence-corrected chi connectivity index (χ3v) is 7.02. The van der Waals surface area contributed by atoms with Crippen LogP contribution < -0.4 is 24.3 Å². The summed E-state index contributed by atoms with van der Waals surface area (Å²) in [6, 6.07) is 11.1. The molecule has 0 amide bonds. The molecule has 4 rings (SSSR count). The van der Waals surface area contributed by atoms with Crippen LogP contribution in [-0.4, -0.2) is 46.3 Å². The molecule has 0 radical (unpaired) electrons. The maximum Gasteiger partial charge on any atom is 0.337 e. The number of dihydropyridines is 1. The fourth-order valence-corrected chi connectivity index (χ4v) is 5.31. The molecule has 1 heterocycles. The predicted octanol–water partition coefficient (Wildman–Crippen LogP) is 5.03. The van der Waals surface area contributed by atoms with Crippen LogP contribution >= 0.6 is 0 Å². The summed E-state index contributed by atoms with van der Waals surface area (Å²) in [7, 11) is 6.33.